The van der Waals surface area contributed by atoms with Gasteiger partial charge in [0.2, 0.25) is 5.88 Å². The van der Waals surface area contributed by atoms with Gasteiger partial charge in [-0.1, -0.05) is 35.5 Å². The summed E-state index contributed by atoms with van der Waals surface area (Å²) >= 11 is 0. The van der Waals surface area contributed by atoms with Gasteiger partial charge in [-0.3, -0.25) is 10.1 Å². The number of nitro groups is 1. The van der Waals surface area contributed by atoms with Crippen molar-refractivity contribution in [2.45, 2.75) is 6.61 Å². The Hall–Kier alpha value is -3.35. The Kier molecular flexibility index (Phi) is 3.92. The molecule has 3 rings (SSSR count). The highest BCUT2D eigenvalue weighted by atomic mass is 16.6. The van der Waals surface area contributed by atoms with E-state index in [0.29, 0.717) is 23.6 Å². The summed E-state index contributed by atoms with van der Waals surface area (Å²) in [5.74, 6) is 0.591. The van der Waals surface area contributed by atoms with Crippen LogP contribution in [0.15, 0.2) is 59.1 Å². The Bertz CT molecular complexity index is 830. The topological polar surface area (TPSA) is 104 Å². The summed E-state index contributed by atoms with van der Waals surface area (Å²) in [4.78, 5) is 10.5. The number of aromatic nitrogens is 1. The van der Waals surface area contributed by atoms with E-state index >= 15 is 0 Å². The lowest BCUT2D eigenvalue weighted by Crippen LogP contribution is -1.98. The number of nitrogen functional groups attached to an aromatic ring is 1. The van der Waals surface area contributed by atoms with Gasteiger partial charge in [0.05, 0.1) is 10.5 Å². The van der Waals surface area contributed by atoms with Gasteiger partial charge in [0.15, 0.2) is 0 Å². The van der Waals surface area contributed by atoms with Gasteiger partial charge < -0.3 is 15.0 Å². The maximum Gasteiger partial charge on any atom is 0.270 e. The molecule has 2 N–H and O–H groups in total. The third kappa shape index (κ3) is 3.29. The highest BCUT2D eigenvalue weighted by Crippen LogP contribution is 2.34. The number of benzene rings is 2. The summed E-state index contributed by atoms with van der Waals surface area (Å²) in [6.07, 6.45) is 0. The monoisotopic (exact) mass is 311 g/mol. The van der Waals surface area contributed by atoms with Gasteiger partial charge in [0.1, 0.15) is 18.1 Å². The van der Waals surface area contributed by atoms with Gasteiger partial charge in [0, 0.05) is 18.2 Å². The fourth-order valence-electron chi connectivity index (χ4n) is 2.11. The van der Waals surface area contributed by atoms with E-state index in [-0.39, 0.29) is 11.6 Å². The van der Waals surface area contributed by atoms with Crippen LogP contribution in [0.4, 0.5) is 11.6 Å². The molecule has 7 heteroatoms. The van der Waals surface area contributed by atoms with Crippen LogP contribution < -0.4 is 10.5 Å². The molecule has 7 nitrogen and oxygen atoms in total. The lowest BCUT2D eigenvalue weighted by atomic mass is 10.1. The molecule has 0 atom stereocenters. The molecule has 1 heterocycles. The molecule has 0 saturated carbocycles. The van der Waals surface area contributed by atoms with E-state index in [9.17, 15) is 10.1 Å². The summed E-state index contributed by atoms with van der Waals surface area (Å²) in [6, 6.07) is 15.4. The fraction of sp³-hybridized carbons (Fsp3) is 0.0625. The number of ether oxygens (including phenoxy) is 1. The molecule has 0 bridgehead atoms. The average molecular weight is 311 g/mol. The van der Waals surface area contributed by atoms with Crippen LogP contribution in [0.5, 0.6) is 5.75 Å². The van der Waals surface area contributed by atoms with Crippen LogP contribution in [0.1, 0.15) is 5.56 Å². The minimum Gasteiger partial charge on any atom is -0.488 e. The quantitative estimate of drug-likeness (QED) is 0.572. The second-order valence-electron chi connectivity index (χ2n) is 4.83. The second kappa shape index (κ2) is 6.18. The van der Waals surface area contributed by atoms with Gasteiger partial charge in [0.25, 0.3) is 5.69 Å². The Morgan fingerprint density at radius 2 is 1.96 bits per heavy atom. The summed E-state index contributed by atoms with van der Waals surface area (Å²) in [6.45, 7) is 0.332. The van der Waals surface area contributed by atoms with Crippen LogP contribution in [-0.4, -0.2) is 10.1 Å². The second-order valence-corrected chi connectivity index (χ2v) is 4.83. The third-order valence-corrected chi connectivity index (χ3v) is 3.22. The number of nitrogens with zero attached hydrogens (tertiary/aromatic N) is 2. The molecule has 0 unspecified atom stereocenters. The third-order valence-electron chi connectivity index (χ3n) is 3.22. The molecular formula is C16H13N3O4. The van der Waals surface area contributed by atoms with Crippen molar-refractivity contribution in [1.82, 2.24) is 5.16 Å². The lowest BCUT2D eigenvalue weighted by Gasteiger charge is -2.10. The van der Waals surface area contributed by atoms with E-state index in [2.05, 4.69) is 5.16 Å². The summed E-state index contributed by atoms with van der Waals surface area (Å²) in [5.41, 5.74) is 7.28. The number of nitro benzene ring substituents is 1. The number of anilines is 1. The normalized spacial score (nSPS) is 10.4. The molecule has 0 aliphatic rings. The molecule has 3 aromatic rings. The maximum atomic E-state index is 11.0. The first kappa shape index (κ1) is 14.6. The van der Waals surface area contributed by atoms with Crippen molar-refractivity contribution in [3.05, 3.63) is 70.3 Å². The van der Waals surface area contributed by atoms with Gasteiger partial charge >= 0.3 is 0 Å². The van der Waals surface area contributed by atoms with Crippen molar-refractivity contribution in [3.63, 3.8) is 0 Å². The van der Waals surface area contributed by atoms with E-state index in [4.69, 9.17) is 15.0 Å². The summed E-state index contributed by atoms with van der Waals surface area (Å²) < 4.78 is 10.6. The Morgan fingerprint density at radius 3 is 2.61 bits per heavy atom. The standard InChI is InChI=1S/C16H13N3O4/c17-16-9-14(18-23-16)13-8-12(19(20)21)6-7-15(13)22-10-11-4-2-1-3-5-11/h1-9H,10,17H2. The van der Waals surface area contributed by atoms with Crippen LogP contribution in [0.2, 0.25) is 0 Å². The number of nitrogens with two attached hydrogens (primary N) is 1. The number of hydrogen-bond acceptors (Lipinski definition) is 6. The van der Waals surface area contributed by atoms with Gasteiger partial charge in [-0.25, -0.2) is 0 Å². The van der Waals surface area contributed by atoms with Crippen molar-refractivity contribution >= 4 is 11.6 Å². The van der Waals surface area contributed by atoms with E-state index < -0.39 is 4.92 Å². The highest BCUT2D eigenvalue weighted by molar-refractivity contribution is 5.71. The predicted molar refractivity (Wildman–Crippen MR) is 83.8 cm³/mol. The first-order chi connectivity index (χ1) is 11.1. The van der Waals surface area contributed by atoms with Crippen molar-refractivity contribution in [2.24, 2.45) is 0 Å². The molecule has 0 aliphatic heterocycles. The maximum absolute atomic E-state index is 11.0. The van der Waals surface area contributed by atoms with Crippen LogP contribution in [0.25, 0.3) is 11.3 Å². The number of hydrogen-bond donors (Lipinski definition) is 1. The molecule has 0 amide bonds. The van der Waals surface area contributed by atoms with Crippen LogP contribution in [0, 0.1) is 10.1 Å². The molecular weight excluding hydrogens is 298 g/mol. The van der Waals surface area contributed by atoms with Crippen molar-refractivity contribution < 1.29 is 14.2 Å². The fourth-order valence-corrected chi connectivity index (χ4v) is 2.11. The average Bonchev–Trinajstić information content (AvgIpc) is 3.00. The molecule has 2 aromatic carbocycles. The zero-order valence-corrected chi connectivity index (χ0v) is 12.0. The molecule has 0 radical (unpaired) electrons. The Morgan fingerprint density at radius 1 is 1.17 bits per heavy atom. The van der Waals surface area contributed by atoms with E-state index in [1.54, 1.807) is 6.07 Å². The minimum atomic E-state index is -0.478. The Balaban J connectivity index is 1.93. The first-order valence-electron chi connectivity index (χ1n) is 6.81. The summed E-state index contributed by atoms with van der Waals surface area (Å²) in [7, 11) is 0. The largest absolute Gasteiger partial charge is 0.488 e. The smallest absolute Gasteiger partial charge is 0.270 e. The molecule has 0 aliphatic carbocycles. The first-order valence-corrected chi connectivity index (χ1v) is 6.81. The van der Waals surface area contributed by atoms with Crippen molar-refractivity contribution in [3.8, 4) is 17.0 Å². The number of non-ortho nitro benzene ring substituents is 1. The SMILES string of the molecule is Nc1cc(-c2cc([N+](=O)[O-])ccc2OCc2ccccc2)no1. The minimum absolute atomic E-state index is 0.0615. The zero-order chi connectivity index (χ0) is 16.2. The zero-order valence-electron chi connectivity index (χ0n) is 12.0. The van der Waals surface area contributed by atoms with Gasteiger partial charge in [-0.2, -0.15) is 0 Å². The molecule has 1 aromatic heterocycles. The van der Waals surface area contributed by atoms with Gasteiger partial charge in [-0.05, 0) is 11.6 Å². The molecule has 0 saturated heterocycles. The highest BCUT2D eigenvalue weighted by Gasteiger charge is 2.16. The molecule has 23 heavy (non-hydrogen) atoms. The van der Waals surface area contributed by atoms with E-state index in [1.807, 2.05) is 30.3 Å². The number of rotatable bonds is 5. The van der Waals surface area contributed by atoms with E-state index in [0.717, 1.165) is 5.56 Å². The molecule has 0 spiro atoms. The van der Waals surface area contributed by atoms with Crippen molar-refractivity contribution in [2.75, 3.05) is 5.73 Å². The van der Waals surface area contributed by atoms with Crippen LogP contribution in [0.3, 0.4) is 0 Å². The predicted octanol–water partition coefficient (Wildman–Crippen LogP) is 3.41. The van der Waals surface area contributed by atoms with Crippen LogP contribution in [-0.2, 0) is 6.61 Å². The van der Waals surface area contributed by atoms with E-state index in [1.165, 1.54) is 18.2 Å². The molecule has 0 fully saturated rings. The lowest BCUT2D eigenvalue weighted by molar-refractivity contribution is -0.384. The molecule has 116 valence electrons. The summed E-state index contributed by atoms with van der Waals surface area (Å²) in [5, 5.41) is 14.8. The van der Waals surface area contributed by atoms with Crippen LogP contribution >= 0.6 is 0 Å². The Labute approximate surface area is 131 Å². The van der Waals surface area contributed by atoms with Crippen molar-refractivity contribution in [1.29, 1.82) is 0 Å². The van der Waals surface area contributed by atoms with Gasteiger partial charge in [-0.15, -0.1) is 0 Å².